The summed E-state index contributed by atoms with van der Waals surface area (Å²) in [5, 5.41) is 10.4. The number of benzene rings is 1. The first-order valence-electron chi connectivity index (χ1n) is 5.73. The van der Waals surface area contributed by atoms with Crippen molar-refractivity contribution < 1.29 is 14.5 Å². The summed E-state index contributed by atoms with van der Waals surface area (Å²) in [6.45, 7) is 5.01. The second kappa shape index (κ2) is 6.58. The van der Waals surface area contributed by atoms with Crippen LogP contribution >= 0.6 is 0 Å². The molecule has 0 fully saturated rings. The highest BCUT2D eigenvalue weighted by Gasteiger charge is 2.10. The predicted octanol–water partition coefficient (Wildman–Crippen LogP) is 1.84. The summed E-state index contributed by atoms with van der Waals surface area (Å²) < 4.78 is 5.27. The van der Waals surface area contributed by atoms with E-state index in [2.05, 4.69) is 0 Å². The zero-order chi connectivity index (χ0) is 13.5. The second-order valence-corrected chi connectivity index (χ2v) is 3.61. The van der Waals surface area contributed by atoms with E-state index in [1.165, 1.54) is 24.3 Å². The van der Waals surface area contributed by atoms with Crippen molar-refractivity contribution in [3.8, 4) is 5.75 Å². The first-order chi connectivity index (χ1) is 8.58. The molecule has 18 heavy (non-hydrogen) atoms. The number of rotatable bonds is 6. The van der Waals surface area contributed by atoms with E-state index in [1.807, 2.05) is 13.8 Å². The quantitative estimate of drug-likeness (QED) is 0.572. The summed E-state index contributed by atoms with van der Waals surface area (Å²) in [6.07, 6.45) is 0. The monoisotopic (exact) mass is 252 g/mol. The van der Waals surface area contributed by atoms with Gasteiger partial charge in [-0.05, 0) is 26.0 Å². The van der Waals surface area contributed by atoms with Gasteiger partial charge in [-0.3, -0.25) is 14.9 Å². The number of nitro benzene ring substituents is 1. The van der Waals surface area contributed by atoms with Crippen LogP contribution in [-0.4, -0.2) is 35.4 Å². The topological polar surface area (TPSA) is 72.7 Å². The van der Waals surface area contributed by atoms with Crippen molar-refractivity contribution in [1.29, 1.82) is 0 Å². The van der Waals surface area contributed by atoms with Crippen LogP contribution < -0.4 is 4.74 Å². The van der Waals surface area contributed by atoms with E-state index >= 15 is 0 Å². The molecule has 0 aliphatic carbocycles. The minimum Gasteiger partial charge on any atom is -0.484 e. The number of nitrogens with zero attached hydrogens (tertiary/aromatic N) is 2. The van der Waals surface area contributed by atoms with Gasteiger partial charge >= 0.3 is 0 Å². The molecule has 0 aromatic heterocycles. The summed E-state index contributed by atoms with van der Waals surface area (Å²) in [7, 11) is 0. The molecule has 0 radical (unpaired) electrons. The molecule has 6 nitrogen and oxygen atoms in total. The number of non-ortho nitro benzene ring substituents is 1. The maximum atomic E-state index is 11.6. The van der Waals surface area contributed by atoms with Gasteiger partial charge in [-0.1, -0.05) is 0 Å². The van der Waals surface area contributed by atoms with Crippen LogP contribution in [0.4, 0.5) is 5.69 Å². The number of ether oxygens (including phenoxy) is 1. The molecule has 0 N–H and O–H groups in total. The fourth-order valence-electron chi connectivity index (χ4n) is 1.48. The van der Waals surface area contributed by atoms with E-state index in [4.69, 9.17) is 4.74 Å². The van der Waals surface area contributed by atoms with Gasteiger partial charge in [0.25, 0.3) is 11.6 Å². The second-order valence-electron chi connectivity index (χ2n) is 3.61. The van der Waals surface area contributed by atoms with Gasteiger partial charge in [0.05, 0.1) is 4.92 Å². The Bertz CT molecular complexity index is 413. The highest BCUT2D eigenvalue weighted by Crippen LogP contribution is 2.17. The van der Waals surface area contributed by atoms with E-state index < -0.39 is 4.92 Å². The van der Waals surface area contributed by atoms with Crippen LogP contribution in [0.25, 0.3) is 0 Å². The summed E-state index contributed by atoms with van der Waals surface area (Å²) in [5.74, 6) is 0.347. The highest BCUT2D eigenvalue weighted by molar-refractivity contribution is 5.77. The normalized spacial score (nSPS) is 9.89. The van der Waals surface area contributed by atoms with Crippen molar-refractivity contribution in [2.75, 3.05) is 19.7 Å². The van der Waals surface area contributed by atoms with Crippen molar-refractivity contribution in [3.63, 3.8) is 0 Å². The number of carbonyl (C=O) groups is 1. The molecule has 0 bridgehead atoms. The van der Waals surface area contributed by atoms with Crippen LogP contribution in [0, 0.1) is 10.1 Å². The SMILES string of the molecule is CCN(CC)C(=O)COc1ccc([N+](=O)[O-])cc1. The van der Waals surface area contributed by atoms with Gasteiger partial charge in [-0.25, -0.2) is 0 Å². The van der Waals surface area contributed by atoms with Crippen LogP contribution in [0.2, 0.25) is 0 Å². The zero-order valence-corrected chi connectivity index (χ0v) is 10.5. The fourth-order valence-corrected chi connectivity index (χ4v) is 1.48. The summed E-state index contributed by atoms with van der Waals surface area (Å²) >= 11 is 0. The Morgan fingerprint density at radius 1 is 1.28 bits per heavy atom. The van der Waals surface area contributed by atoms with Gasteiger partial charge < -0.3 is 9.64 Å². The molecule has 0 aliphatic heterocycles. The maximum absolute atomic E-state index is 11.6. The molecule has 1 amide bonds. The molecule has 0 aliphatic rings. The molecule has 1 rings (SSSR count). The average molecular weight is 252 g/mol. The Labute approximate surface area is 105 Å². The number of likely N-dealkylation sites (N-methyl/N-ethyl adjacent to an activating group) is 1. The van der Waals surface area contributed by atoms with Gasteiger partial charge in [0, 0.05) is 25.2 Å². The van der Waals surface area contributed by atoms with Crippen LogP contribution in [0.3, 0.4) is 0 Å². The molecule has 0 spiro atoms. The third-order valence-corrected chi connectivity index (χ3v) is 2.53. The van der Waals surface area contributed by atoms with Crippen LogP contribution in [0.1, 0.15) is 13.8 Å². The van der Waals surface area contributed by atoms with E-state index in [0.29, 0.717) is 18.8 Å². The number of nitro groups is 1. The smallest absolute Gasteiger partial charge is 0.269 e. The molecule has 1 aromatic rings. The zero-order valence-electron chi connectivity index (χ0n) is 10.5. The summed E-state index contributed by atoms with van der Waals surface area (Å²) in [5.41, 5.74) is -0.00239. The summed E-state index contributed by atoms with van der Waals surface area (Å²) in [4.78, 5) is 23.3. The molecule has 6 heteroatoms. The van der Waals surface area contributed by atoms with E-state index in [9.17, 15) is 14.9 Å². The van der Waals surface area contributed by atoms with Crippen molar-refractivity contribution >= 4 is 11.6 Å². The molecule has 0 heterocycles. The Morgan fingerprint density at radius 2 is 1.83 bits per heavy atom. The molecular weight excluding hydrogens is 236 g/mol. The van der Waals surface area contributed by atoms with Gasteiger partial charge in [-0.2, -0.15) is 0 Å². The predicted molar refractivity (Wildman–Crippen MR) is 66.5 cm³/mol. The lowest BCUT2D eigenvalue weighted by Gasteiger charge is -2.18. The van der Waals surface area contributed by atoms with Crippen LogP contribution in [0.5, 0.6) is 5.75 Å². The van der Waals surface area contributed by atoms with Crippen molar-refractivity contribution in [2.24, 2.45) is 0 Å². The van der Waals surface area contributed by atoms with Gasteiger partial charge in [0.2, 0.25) is 0 Å². The third-order valence-electron chi connectivity index (χ3n) is 2.53. The van der Waals surface area contributed by atoms with Crippen molar-refractivity contribution in [3.05, 3.63) is 34.4 Å². The molecule has 98 valence electrons. The fraction of sp³-hybridized carbons (Fsp3) is 0.417. The molecule has 0 saturated heterocycles. The maximum Gasteiger partial charge on any atom is 0.269 e. The number of amides is 1. The van der Waals surface area contributed by atoms with E-state index in [0.717, 1.165) is 0 Å². The average Bonchev–Trinajstić information content (AvgIpc) is 2.38. The molecule has 0 atom stereocenters. The molecular formula is C12H16N2O4. The van der Waals surface area contributed by atoms with Crippen LogP contribution in [-0.2, 0) is 4.79 Å². The summed E-state index contributed by atoms with van der Waals surface area (Å²) in [6, 6.07) is 5.65. The number of hydrogen-bond donors (Lipinski definition) is 0. The Hall–Kier alpha value is -2.11. The van der Waals surface area contributed by atoms with Gasteiger partial charge in [0.1, 0.15) is 5.75 Å². The number of hydrogen-bond acceptors (Lipinski definition) is 4. The Morgan fingerprint density at radius 3 is 2.28 bits per heavy atom. The lowest BCUT2D eigenvalue weighted by molar-refractivity contribution is -0.384. The van der Waals surface area contributed by atoms with Crippen molar-refractivity contribution in [2.45, 2.75) is 13.8 Å². The lowest BCUT2D eigenvalue weighted by Crippen LogP contribution is -2.34. The lowest BCUT2D eigenvalue weighted by atomic mass is 10.3. The van der Waals surface area contributed by atoms with E-state index in [1.54, 1.807) is 4.90 Å². The van der Waals surface area contributed by atoms with Gasteiger partial charge in [-0.15, -0.1) is 0 Å². The first-order valence-corrected chi connectivity index (χ1v) is 5.73. The van der Waals surface area contributed by atoms with Crippen LogP contribution in [0.15, 0.2) is 24.3 Å². The minimum absolute atomic E-state index is 0.00239. The van der Waals surface area contributed by atoms with Crippen molar-refractivity contribution in [1.82, 2.24) is 4.90 Å². The van der Waals surface area contributed by atoms with Gasteiger partial charge in [0.15, 0.2) is 6.61 Å². The minimum atomic E-state index is -0.481. The Balaban J connectivity index is 2.53. The molecule has 0 saturated carbocycles. The first kappa shape index (κ1) is 14.0. The van der Waals surface area contributed by atoms with E-state index in [-0.39, 0.29) is 18.2 Å². The largest absolute Gasteiger partial charge is 0.484 e. The molecule has 1 aromatic carbocycles. The number of carbonyl (C=O) groups excluding carboxylic acids is 1. The molecule has 0 unspecified atom stereocenters. The highest BCUT2D eigenvalue weighted by atomic mass is 16.6. The third kappa shape index (κ3) is 3.73. The Kier molecular flexibility index (Phi) is 5.10. The standard InChI is InChI=1S/C12H16N2O4/c1-3-13(4-2)12(15)9-18-11-7-5-10(6-8-11)14(16)17/h5-8H,3-4,9H2,1-2H3.